The Morgan fingerprint density at radius 3 is 2.29 bits per heavy atom. The third-order valence-corrected chi connectivity index (χ3v) is 6.35. The van der Waals surface area contributed by atoms with Crippen molar-refractivity contribution in [1.29, 1.82) is 0 Å². The van der Waals surface area contributed by atoms with Crippen molar-refractivity contribution < 1.29 is 13.5 Å². The van der Waals surface area contributed by atoms with Gasteiger partial charge in [-0.05, 0) is 58.0 Å². The van der Waals surface area contributed by atoms with E-state index in [1.54, 1.807) is 36.1 Å². The lowest BCUT2D eigenvalue weighted by Crippen LogP contribution is -2.48. The zero-order valence-electron chi connectivity index (χ0n) is 19.4. The van der Waals surface area contributed by atoms with Crippen molar-refractivity contribution >= 4 is 5.69 Å². The zero-order chi connectivity index (χ0) is 24.2. The molecule has 1 saturated heterocycles. The summed E-state index contributed by atoms with van der Waals surface area (Å²) < 4.78 is 35.1. The minimum absolute atomic E-state index is 0.223. The average Bonchev–Trinajstić information content (AvgIpc) is 3.34. The maximum absolute atomic E-state index is 14.3. The fourth-order valence-electron chi connectivity index (χ4n) is 4.52. The highest BCUT2D eigenvalue weighted by atomic mass is 19.1. The number of piperazine rings is 1. The van der Waals surface area contributed by atoms with E-state index in [2.05, 4.69) is 20.4 Å². The van der Waals surface area contributed by atoms with Gasteiger partial charge in [0, 0.05) is 26.2 Å². The molecule has 0 saturated carbocycles. The molecule has 0 N–H and O–H groups in total. The molecule has 0 aliphatic carbocycles. The average molecular weight is 477 g/mol. The third kappa shape index (κ3) is 5.00. The van der Waals surface area contributed by atoms with Crippen LogP contribution in [-0.2, 0) is 6.54 Å². The molecule has 180 valence electrons. The number of hydrogen-bond donors (Lipinski definition) is 0. The molecular weight excluding hydrogens is 450 g/mol. The molecular formula is C26H26F2N6O. The molecule has 35 heavy (non-hydrogen) atoms. The number of anilines is 1. The van der Waals surface area contributed by atoms with Crippen LogP contribution in [0.2, 0.25) is 0 Å². The number of halogens is 2. The van der Waals surface area contributed by atoms with Gasteiger partial charge in [0.2, 0.25) is 0 Å². The Balaban J connectivity index is 1.42. The van der Waals surface area contributed by atoms with Crippen molar-refractivity contribution in [3.05, 3.63) is 101 Å². The number of aromatic nitrogens is 4. The van der Waals surface area contributed by atoms with Crippen LogP contribution in [0.4, 0.5) is 14.5 Å². The summed E-state index contributed by atoms with van der Waals surface area (Å²) >= 11 is 0. The number of nitrogens with zero attached hydrogens (tertiary/aromatic N) is 6. The second-order valence-electron chi connectivity index (χ2n) is 8.47. The molecule has 3 aromatic carbocycles. The van der Waals surface area contributed by atoms with Gasteiger partial charge in [0.1, 0.15) is 17.4 Å². The number of methoxy groups -OCH3 is 1. The number of ether oxygens (including phenoxy) is 1. The molecule has 0 unspecified atom stereocenters. The maximum Gasteiger partial charge on any atom is 0.173 e. The van der Waals surface area contributed by atoms with Crippen LogP contribution in [-0.4, -0.2) is 58.4 Å². The molecule has 9 heteroatoms. The van der Waals surface area contributed by atoms with Gasteiger partial charge in [-0.1, -0.05) is 36.4 Å². The van der Waals surface area contributed by atoms with Crippen molar-refractivity contribution in [1.82, 2.24) is 25.1 Å². The summed E-state index contributed by atoms with van der Waals surface area (Å²) in [4.78, 5) is 4.31. The number of hydrogen-bond acceptors (Lipinski definition) is 6. The monoisotopic (exact) mass is 476 g/mol. The highest BCUT2D eigenvalue weighted by Gasteiger charge is 2.31. The quantitative estimate of drug-likeness (QED) is 0.403. The Bertz CT molecular complexity index is 1250. The molecule has 1 aliphatic heterocycles. The van der Waals surface area contributed by atoms with E-state index in [1.165, 1.54) is 18.2 Å². The van der Waals surface area contributed by atoms with Crippen LogP contribution in [0.15, 0.2) is 72.8 Å². The summed E-state index contributed by atoms with van der Waals surface area (Å²) in [6, 6.07) is 20.8. The predicted molar refractivity (Wildman–Crippen MR) is 128 cm³/mol. The lowest BCUT2D eigenvalue weighted by molar-refractivity contribution is 0.201. The van der Waals surface area contributed by atoms with Gasteiger partial charge in [0.15, 0.2) is 5.82 Å². The molecule has 1 aliphatic rings. The molecule has 2 heterocycles. The van der Waals surface area contributed by atoms with E-state index < -0.39 is 0 Å². The number of benzene rings is 3. The molecule has 1 aromatic heterocycles. The molecule has 5 rings (SSSR count). The van der Waals surface area contributed by atoms with Crippen molar-refractivity contribution in [2.45, 2.75) is 12.6 Å². The first kappa shape index (κ1) is 22.9. The minimum Gasteiger partial charge on any atom is -0.497 e. The second-order valence-corrected chi connectivity index (χ2v) is 8.47. The predicted octanol–water partition coefficient (Wildman–Crippen LogP) is 3.92. The summed E-state index contributed by atoms with van der Waals surface area (Å²) in [5.74, 6) is 0.934. The van der Waals surface area contributed by atoms with E-state index in [-0.39, 0.29) is 17.7 Å². The molecule has 4 aromatic rings. The number of tetrazole rings is 1. The van der Waals surface area contributed by atoms with E-state index >= 15 is 0 Å². The van der Waals surface area contributed by atoms with Gasteiger partial charge in [0.05, 0.1) is 25.4 Å². The first-order valence-corrected chi connectivity index (χ1v) is 11.5. The Hall–Kier alpha value is -3.85. The lowest BCUT2D eigenvalue weighted by atomic mass is 10.0. The fourth-order valence-corrected chi connectivity index (χ4v) is 4.52. The fraction of sp³-hybridized carbons (Fsp3) is 0.269. The highest BCUT2D eigenvalue weighted by Crippen LogP contribution is 2.30. The van der Waals surface area contributed by atoms with Gasteiger partial charge in [-0.3, -0.25) is 4.90 Å². The van der Waals surface area contributed by atoms with Gasteiger partial charge in [-0.2, -0.15) is 0 Å². The first-order chi connectivity index (χ1) is 17.1. The topological polar surface area (TPSA) is 59.3 Å². The Morgan fingerprint density at radius 2 is 1.60 bits per heavy atom. The number of para-hydroxylation sites is 1. The Labute approximate surface area is 202 Å². The van der Waals surface area contributed by atoms with E-state index in [0.29, 0.717) is 44.2 Å². The molecule has 1 atom stereocenters. The number of rotatable bonds is 7. The SMILES string of the molecule is COc1ccc(Cn2nnnc2[C@H](c2ccc(F)cc2)N2CCN(c3ccccc3F)CC2)cc1. The zero-order valence-corrected chi connectivity index (χ0v) is 19.4. The van der Waals surface area contributed by atoms with Gasteiger partial charge < -0.3 is 9.64 Å². The molecule has 0 radical (unpaired) electrons. The largest absolute Gasteiger partial charge is 0.497 e. The van der Waals surface area contributed by atoms with Crippen LogP contribution in [0.3, 0.4) is 0 Å². The highest BCUT2D eigenvalue weighted by molar-refractivity contribution is 5.48. The summed E-state index contributed by atoms with van der Waals surface area (Å²) in [7, 11) is 1.63. The Kier molecular flexibility index (Phi) is 6.67. The maximum atomic E-state index is 14.3. The Morgan fingerprint density at radius 1 is 0.886 bits per heavy atom. The van der Waals surface area contributed by atoms with Gasteiger partial charge >= 0.3 is 0 Å². The van der Waals surface area contributed by atoms with Crippen LogP contribution in [0.1, 0.15) is 23.0 Å². The van der Waals surface area contributed by atoms with Crippen LogP contribution >= 0.6 is 0 Å². The first-order valence-electron chi connectivity index (χ1n) is 11.5. The molecule has 0 bridgehead atoms. The van der Waals surface area contributed by atoms with Crippen molar-refractivity contribution in [2.75, 3.05) is 38.2 Å². The molecule has 7 nitrogen and oxygen atoms in total. The summed E-state index contributed by atoms with van der Waals surface area (Å²) in [5.41, 5.74) is 2.54. The van der Waals surface area contributed by atoms with E-state index in [4.69, 9.17) is 4.74 Å². The van der Waals surface area contributed by atoms with Crippen molar-refractivity contribution in [3.8, 4) is 5.75 Å². The summed E-state index contributed by atoms with van der Waals surface area (Å²) in [6.45, 7) is 3.13. The summed E-state index contributed by atoms with van der Waals surface area (Å²) in [6.07, 6.45) is 0. The standard InChI is InChI=1S/C26H26F2N6O/c1-35-22-12-6-19(7-13-22)18-34-26(29-30-31-34)25(20-8-10-21(27)11-9-20)33-16-14-32(15-17-33)24-5-3-2-4-23(24)28/h2-13,25H,14-18H2,1H3/t25-/m0/s1. The van der Waals surface area contributed by atoms with Crippen LogP contribution in [0.5, 0.6) is 5.75 Å². The van der Waals surface area contributed by atoms with Gasteiger partial charge in [-0.25, -0.2) is 13.5 Å². The van der Waals surface area contributed by atoms with E-state index in [0.717, 1.165) is 16.9 Å². The molecule has 0 spiro atoms. The van der Waals surface area contributed by atoms with Crippen LogP contribution in [0, 0.1) is 11.6 Å². The second kappa shape index (κ2) is 10.2. The van der Waals surface area contributed by atoms with Crippen LogP contribution in [0.25, 0.3) is 0 Å². The lowest BCUT2D eigenvalue weighted by Gasteiger charge is -2.40. The summed E-state index contributed by atoms with van der Waals surface area (Å²) in [5, 5.41) is 12.6. The van der Waals surface area contributed by atoms with Crippen molar-refractivity contribution in [2.24, 2.45) is 0 Å². The van der Waals surface area contributed by atoms with Crippen molar-refractivity contribution in [3.63, 3.8) is 0 Å². The van der Waals surface area contributed by atoms with Gasteiger partial charge in [0.25, 0.3) is 0 Å². The molecule has 0 amide bonds. The van der Waals surface area contributed by atoms with E-state index in [1.807, 2.05) is 35.2 Å². The van der Waals surface area contributed by atoms with Crippen LogP contribution < -0.4 is 9.64 Å². The van der Waals surface area contributed by atoms with Gasteiger partial charge in [-0.15, -0.1) is 5.10 Å². The molecule has 1 fully saturated rings. The minimum atomic E-state index is -0.297. The normalized spacial score (nSPS) is 15.2. The smallest absolute Gasteiger partial charge is 0.173 e. The third-order valence-electron chi connectivity index (χ3n) is 6.35. The van der Waals surface area contributed by atoms with E-state index in [9.17, 15) is 8.78 Å².